The molecule has 6 heteroatoms. The van der Waals surface area contributed by atoms with E-state index in [-0.39, 0.29) is 17.5 Å². The van der Waals surface area contributed by atoms with Crippen LogP contribution in [0, 0.1) is 6.92 Å². The first-order valence-electron chi connectivity index (χ1n) is 7.79. The van der Waals surface area contributed by atoms with Gasteiger partial charge >= 0.3 is 0 Å². The van der Waals surface area contributed by atoms with Crippen molar-refractivity contribution >= 4 is 21.6 Å². The summed E-state index contributed by atoms with van der Waals surface area (Å²) in [7, 11) is -3.55. The average molecular weight is 368 g/mol. The minimum atomic E-state index is -3.55. The van der Waals surface area contributed by atoms with Gasteiger partial charge in [-0.3, -0.25) is 0 Å². The van der Waals surface area contributed by atoms with Crippen LogP contribution in [0.3, 0.4) is 0 Å². The smallest absolute Gasteiger partial charge is 0.240 e. The minimum Gasteiger partial charge on any atom is -0.375 e. The quantitative estimate of drug-likeness (QED) is 0.693. The lowest BCUT2D eigenvalue weighted by atomic mass is 10.1. The fraction of sp³-hybridized carbons (Fsp3) is 0.333. The van der Waals surface area contributed by atoms with Gasteiger partial charge in [0.2, 0.25) is 10.0 Å². The van der Waals surface area contributed by atoms with Crippen LogP contribution in [0.1, 0.15) is 11.1 Å². The van der Waals surface area contributed by atoms with Gasteiger partial charge in [0.15, 0.2) is 0 Å². The zero-order valence-electron chi connectivity index (χ0n) is 13.6. The number of hydrogen-bond acceptors (Lipinski definition) is 3. The van der Waals surface area contributed by atoms with Gasteiger partial charge in [0.05, 0.1) is 17.6 Å². The number of hydrogen-bond donors (Lipinski definition) is 1. The number of aryl methyl sites for hydroxylation is 1. The summed E-state index contributed by atoms with van der Waals surface area (Å²) in [4.78, 5) is 0.254. The van der Waals surface area contributed by atoms with Crippen molar-refractivity contribution in [2.75, 3.05) is 19.0 Å². The maximum Gasteiger partial charge on any atom is 0.240 e. The van der Waals surface area contributed by atoms with E-state index in [9.17, 15) is 8.42 Å². The van der Waals surface area contributed by atoms with Gasteiger partial charge in [-0.1, -0.05) is 48.0 Å². The van der Waals surface area contributed by atoms with Crippen LogP contribution in [-0.4, -0.2) is 33.6 Å². The van der Waals surface area contributed by atoms with Crippen molar-refractivity contribution in [1.29, 1.82) is 0 Å². The molecule has 1 atom stereocenters. The third-order valence-corrected chi connectivity index (χ3v) is 5.16. The predicted molar refractivity (Wildman–Crippen MR) is 97.0 cm³/mol. The average Bonchev–Trinajstić information content (AvgIpc) is 2.58. The van der Waals surface area contributed by atoms with Crippen LogP contribution in [0.5, 0.6) is 0 Å². The highest BCUT2D eigenvalue weighted by atomic mass is 35.5. The Labute approximate surface area is 148 Å². The predicted octanol–water partition coefficient (Wildman–Crippen LogP) is 3.14. The Morgan fingerprint density at radius 1 is 1.08 bits per heavy atom. The Hall–Kier alpha value is -1.40. The van der Waals surface area contributed by atoms with Gasteiger partial charge in [-0.15, -0.1) is 11.6 Å². The van der Waals surface area contributed by atoms with E-state index in [4.69, 9.17) is 16.3 Å². The highest BCUT2D eigenvalue weighted by Gasteiger charge is 2.17. The summed E-state index contributed by atoms with van der Waals surface area (Å²) in [6.07, 6.45) is 0.347. The topological polar surface area (TPSA) is 55.4 Å². The second-order valence-corrected chi connectivity index (χ2v) is 7.68. The molecule has 0 bridgehead atoms. The second-order valence-electron chi connectivity index (χ2n) is 5.54. The fourth-order valence-electron chi connectivity index (χ4n) is 2.28. The zero-order valence-corrected chi connectivity index (χ0v) is 15.2. The molecule has 0 saturated heterocycles. The second kappa shape index (κ2) is 9.18. The van der Waals surface area contributed by atoms with Gasteiger partial charge < -0.3 is 4.74 Å². The van der Waals surface area contributed by atoms with Crippen molar-refractivity contribution in [3.8, 4) is 0 Å². The molecule has 0 spiro atoms. The van der Waals surface area contributed by atoms with Gasteiger partial charge in [-0.25, -0.2) is 13.1 Å². The fourth-order valence-corrected chi connectivity index (χ4v) is 3.44. The minimum absolute atomic E-state index is 0.196. The van der Waals surface area contributed by atoms with Gasteiger partial charge in [0, 0.05) is 12.4 Å². The molecule has 0 aliphatic rings. The summed E-state index contributed by atoms with van der Waals surface area (Å²) < 4.78 is 33.1. The molecule has 0 unspecified atom stereocenters. The lowest BCUT2D eigenvalue weighted by Crippen LogP contribution is -2.35. The summed E-state index contributed by atoms with van der Waals surface area (Å²) in [5.74, 6) is 0.371. The van der Waals surface area contributed by atoms with Crippen molar-refractivity contribution in [1.82, 2.24) is 4.72 Å². The summed E-state index contributed by atoms with van der Waals surface area (Å²) in [6, 6.07) is 16.6. The van der Waals surface area contributed by atoms with Gasteiger partial charge in [0.1, 0.15) is 0 Å². The Balaban J connectivity index is 2.02. The van der Waals surface area contributed by atoms with Gasteiger partial charge in [-0.2, -0.15) is 0 Å². The van der Waals surface area contributed by atoms with E-state index in [1.807, 2.05) is 37.3 Å². The normalized spacial score (nSPS) is 12.9. The lowest BCUT2D eigenvalue weighted by Gasteiger charge is -2.18. The zero-order chi connectivity index (χ0) is 17.4. The lowest BCUT2D eigenvalue weighted by molar-refractivity contribution is 0.0682. The largest absolute Gasteiger partial charge is 0.375 e. The van der Waals surface area contributed by atoms with Crippen LogP contribution in [-0.2, 0) is 21.2 Å². The highest BCUT2D eigenvalue weighted by Crippen LogP contribution is 2.11. The van der Waals surface area contributed by atoms with E-state index in [0.717, 1.165) is 11.1 Å². The van der Waals surface area contributed by atoms with Crippen molar-refractivity contribution in [2.24, 2.45) is 0 Å². The maximum atomic E-state index is 12.4. The Kier molecular flexibility index (Phi) is 7.24. The van der Waals surface area contributed by atoms with Crippen LogP contribution < -0.4 is 4.72 Å². The Morgan fingerprint density at radius 2 is 1.75 bits per heavy atom. The number of benzene rings is 2. The van der Waals surface area contributed by atoms with E-state index >= 15 is 0 Å². The molecule has 4 nitrogen and oxygen atoms in total. The molecule has 2 aromatic carbocycles. The Bertz CT molecular complexity index is 718. The molecule has 0 aliphatic heterocycles. The molecule has 24 heavy (non-hydrogen) atoms. The first kappa shape index (κ1) is 18.9. The highest BCUT2D eigenvalue weighted by molar-refractivity contribution is 7.89. The first-order valence-corrected chi connectivity index (χ1v) is 9.81. The molecule has 1 N–H and O–H groups in total. The number of sulfonamides is 1. The monoisotopic (exact) mass is 367 g/mol. The molecule has 130 valence electrons. The van der Waals surface area contributed by atoms with Crippen LogP contribution in [0.15, 0.2) is 59.5 Å². The molecule has 0 saturated carbocycles. The standard InChI is InChI=1S/C18H22ClNO3S/c1-15-7-9-18(10-8-15)24(21,22)20-14-17(23-12-11-19)13-16-5-3-2-4-6-16/h2-10,17,20H,11-14H2,1H3/t17-/m1/s1. The molecular formula is C18H22ClNO3S. The maximum absolute atomic E-state index is 12.4. The van der Waals surface area contributed by atoms with Gasteiger partial charge in [0.25, 0.3) is 0 Å². The number of ether oxygens (including phenoxy) is 1. The van der Waals surface area contributed by atoms with Gasteiger partial charge in [-0.05, 0) is 31.0 Å². The summed E-state index contributed by atoms with van der Waals surface area (Å²) in [6.45, 7) is 2.49. The third kappa shape index (κ3) is 5.91. The van der Waals surface area contributed by atoms with E-state index in [2.05, 4.69) is 4.72 Å². The summed E-state index contributed by atoms with van der Waals surface area (Å²) in [5, 5.41) is 0. The molecule has 2 aromatic rings. The molecule has 0 aliphatic carbocycles. The SMILES string of the molecule is Cc1ccc(S(=O)(=O)NC[C@@H](Cc2ccccc2)OCCCl)cc1. The molecule has 0 aromatic heterocycles. The van der Waals surface area contributed by atoms with Crippen molar-refractivity contribution < 1.29 is 13.2 Å². The summed E-state index contributed by atoms with van der Waals surface area (Å²) in [5.41, 5.74) is 2.10. The van der Waals surface area contributed by atoms with Crippen LogP contribution in [0.2, 0.25) is 0 Å². The van der Waals surface area contributed by atoms with E-state index in [0.29, 0.717) is 18.9 Å². The molecule has 0 radical (unpaired) electrons. The molecule has 0 heterocycles. The third-order valence-electron chi connectivity index (χ3n) is 3.57. The Morgan fingerprint density at radius 3 is 2.38 bits per heavy atom. The number of halogens is 1. The number of rotatable bonds is 9. The van der Waals surface area contributed by atoms with Crippen LogP contribution in [0.4, 0.5) is 0 Å². The van der Waals surface area contributed by atoms with Crippen LogP contribution >= 0.6 is 11.6 Å². The number of nitrogens with one attached hydrogen (secondary N) is 1. The van der Waals surface area contributed by atoms with Crippen molar-refractivity contribution in [3.05, 3.63) is 65.7 Å². The number of alkyl halides is 1. The molecule has 2 rings (SSSR count). The summed E-state index contributed by atoms with van der Waals surface area (Å²) >= 11 is 5.69. The van der Waals surface area contributed by atoms with Crippen LogP contribution in [0.25, 0.3) is 0 Å². The first-order chi connectivity index (χ1) is 11.5. The van der Waals surface area contributed by atoms with E-state index in [1.165, 1.54) is 0 Å². The molecule has 0 fully saturated rings. The van der Waals surface area contributed by atoms with E-state index in [1.54, 1.807) is 24.3 Å². The molecule has 0 amide bonds. The van der Waals surface area contributed by atoms with Crippen molar-refractivity contribution in [2.45, 2.75) is 24.3 Å². The molecular weight excluding hydrogens is 346 g/mol. The van der Waals surface area contributed by atoms with Crippen molar-refractivity contribution in [3.63, 3.8) is 0 Å². The van der Waals surface area contributed by atoms with E-state index < -0.39 is 10.0 Å².